The Hall–Kier alpha value is -2.53. The maximum Gasteiger partial charge on any atom is 0.253 e. The second-order valence-electron chi connectivity index (χ2n) is 6.37. The number of ether oxygens (including phenoxy) is 2. The average molecular weight is 354 g/mol. The van der Waals surface area contributed by atoms with Gasteiger partial charge in [-0.1, -0.05) is 12.1 Å². The summed E-state index contributed by atoms with van der Waals surface area (Å²) in [5.74, 6) is 1.77. The summed E-state index contributed by atoms with van der Waals surface area (Å²) in [5.41, 5.74) is 1.98. The van der Waals surface area contributed by atoms with Gasteiger partial charge in [0.2, 0.25) is 0 Å². The van der Waals surface area contributed by atoms with E-state index in [4.69, 9.17) is 9.47 Å². The van der Waals surface area contributed by atoms with Crippen LogP contribution >= 0.6 is 0 Å². The summed E-state index contributed by atoms with van der Waals surface area (Å²) in [6.45, 7) is 6.84. The topological polar surface area (TPSA) is 42.0 Å². The number of nitrogens with zero attached hydrogens (tertiary/aromatic N) is 2. The van der Waals surface area contributed by atoms with Gasteiger partial charge in [-0.15, -0.1) is 0 Å². The maximum atomic E-state index is 12.6. The third-order valence-corrected chi connectivity index (χ3v) is 4.64. The van der Waals surface area contributed by atoms with Crippen molar-refractivity contribution in [1.82, 2.24) is 9.80 Å². The Morgan fingerprint density at radius 2 is 1.54 bits per heavy atom. The Morgan fingerprint density at radius 3 is 2.12 bits per heavy atom. The van der Waals surface area contributed by atoms with Crippen LogP contribution in [0.3, 0.4) is 0 Å². The Morgan fingerprint density at radius 1 is 0.923 bits per heavy atom. The van der Waals surface area contributed by atoms with Crippen LogP contribution in [0.2, 0.25) is 0 Å². The lowest BCUT2D eigenvalue weighted by atomic mass is 10.1. The molecule has 3 rings (SSSR count). The number of carbonyl (C=O) groups is 1. The second-order valence-corrected chi connectivity index (χ2v) is 6.37. The average Bonchev–Trinajstić information content (AvgIpc) is 2.70. The van der Waals surface area contributed by atoms with Crippen molar-refractivity contribution in [1.29, 1.82) is 0 Å². The van der Waals surface area contributed by atoms with E-state index in [1.165, 1.54) is 5.56 Å². The van der Waals surface area contributed by atoms with Crippen molar-refractivity contribution < 1.29 is 14.3 Å². The molecular formula is C21H26N2O3. The van der Waals surface area contributed by atoms with Crippen LogP contribution in [0.4, 0.5) is 0 Å². The van der Waals surface area contributed by atoms with Crippen LogP contribution < -0.4 is 9.47 Å². The minimum Gasteiger partial charge on any atom is -0.497 e. The van der Waals surface area contributed by atoms with E-state index in [1.807, 2.05) is 48.2 Å². The van der Waals surface area contributed by atoms with Crippen molar-refractivity contribution in [2.24, 2.45) is 0 Å². The predicted molar refractivity (Wildman–Crippen MR) is 102 cm³/mol. The van der Waals surface area contributed by atoms with Crippen molar-refractivity contribution in [3.05, 3.63) is 59.7 Å². The molecule has 0 spiro atoms. The van der Waals surface area contributed by atoms with Crippen molar-refractivity contribution in [3.63, 3.8) is 0 Å². The Balaban J connectivity index is 1.50. The first-order valence-corrected chi connectivity index (χ1v) is 9.07. The van der Waals surface area contributed by atoms with Crippen molar-refractivity contribution >= 4 is 5.91 Å². The molecule has 0 saturated carbocycles. The Labute approximate surface area is 155 Å². The van der Waals surface area contributed by atoms with Gasteiger partial charge in [-0.25, -0.2) is 0 Å². The third kappa shape index (κ3) is 4.55. The molecule has 26 heavy (non-hydrogen) atoms. The summed E-state index contributed by atoms with van der Waals surface area (Å²) in [4.78, 5) is 16.9. The first-order chi connectivity index (χ1) is 12.7. The quantitative estimate of drug-likeness (QED) is 0.800. The summed E-state index contributed by atoms with van der Waals surface area (Å²) < 4.78 is 10.6. The molecule has 0 aromatic heterocycles. The molecule has 138 valence electrons. The highest BCUT2D eigenvalue weighted by Crippen LogP contribution is 2.17. The lowest BCUT2D eigenvalue weighted by Gasteiger charge is -2.34. The molecule has 1 heterocycles. The molecule has 1 aliphatic heterocycles. The van der Waals surface area contributed by atoms with E-state index < -0.39 is 0 Å². The van der Waals surface area contributed by atoms with Gasteiger partial charge in [0.25, 0.3) is 5.91 Å². The zero-order chi connectivity index (χ0) is 18.4. The predicted octanol–water partition coefficient (Wildman–Crippen LogP) is 3.05. The molecule has 0 aliphatic carbocycles. The molecule has 1 amide bonds. The van der Waals surface area contributed by atoms with Gasteiger partial charge >= 0.3 is 0 Å². The van der Waals surface area contributed by atoms with Crippen LogP contribution in [0.1, 0.15) is 22.8 Å². The van der Waals surface area contributed by atoms with Gasteiger partial charge in [0.15, 0.2) is 0 Å². The van der Waals surface area contributed by atoms with Crippen LogP contribution in [0, 0.1) is 0 Å². The van der Waals surface area contributed by atoms with Gasteiger partial charge in [0.1, 0.15) is 11.5 Å². The van der Waals surface area contributed by atoms with E-state index in [2.05, 4.69) is 17.0 Å². The van der Waals surface area contributed by atoms with Crippen LogP contribution in [0.5, 0.6) is 11.5 Å². The standard InChI is InChI=1S/C21H26N2O3/c1-3-26-20-8-4-17(5-9-20)16-22-12-14-23(15-13-22)21(24)18-6-10-19(25-2)11-7-18/h4-11H,3,12-16H2,1-2H3. The van der Waals surface area contributed by atoms with Gasteiger partial charge in [-0.3, -0.25) is 9.69 Å². The molecule has 2 aromatic rings. The summed E-state index contributed by atoms with van der Waals surface area (Å²) in [6, 6.07) is 15.6. The highest BCUT2D eigenvalue weighted by atomic mass is 16.5. The van der Waals surface area contributed by atoms with Gasteiger partial charge in [-0.2, -0.15) is 0 Å². The van der Waals surface area contributed by atoms with Gasteiger partial charge in [0, 0.05) is 38.3 Å². The lowest BCUT2D eigenvalue weighted by Crippen LogP contribution is -2.48. The number of hydrogen-bond donors (Lipinski definition) is 0. The molecule has 0 unspecified atom stereocenters. The Kier molecular flexibility index (Phi) is 6.12. The largest absolute Gasteiger partial charge is 0.497 e. The second kappa shape index (κ2) is 8.72. The molecule has 0 radical (unpaired) electrons. The number of rotatable bonds is 6. The minimum atomic E-state index is 0.0911. The molecular weight excluding hydrogens is 328 g/mol. The number of benzene rings is 2. The molecule has 0 N–H and O–H groups in total. The molecule has 0 atom stereocenters. The van der Waals surface area contributed by atoms with E-state index >= 15 is 0 Å². The zero-order valence-corrected chi connectivity index (χ0v) is 15.5. The highest BCUT2D eigenvalue weighted by molar-refractivity contribution is 5.94. The number of hydrogen-bond acceptors (Lipinski definition) is 4. The minimum absolute atomic E-state index is 0.0911. The molecule has 5 heteroatoms. The lowest BCUT2D eigenvalue weighted by molar-refractivity contribution is 0.0628. The Bertz CT molecular complexity index is 705. The zero-order valence-electron chi connectivity index (χ0n) is 15.5. The van der Waals surface area contributed by atoms with Crippen LogP contribution in [0.15, 0.2) is 48.5 Å². The summed E-state index contributed by atoms with van der Waals surface area (Å²) in [5, 5.41) is 0. The first-order valence-electron chi connectivity index (χ1n) is 9.07. The van der Waals surface area contributed by atoms with Crippen molar-refractivity contribution in [2.45, 2.75) is 13.5 Å². The molecule has 1 saturated heterocycles. The van der Waals surface area contributed by atoms with Crippen LogP contribution in [-0.4, -0.2) is 55.6 Å². The molecule has 1 aliphatic rings. The first kappa shape index (κ1) is 18.3. The fourth-order valence-electron chi connectivity index (χ4n) is 3.14. The monoisotopic (exact) mass is 354 g/mol. The maximum absolute atomic E-state index is 12.6. The molecule has 1 fully saturated rings. The SMILES string of the molecule is CCOc1ccc(CN2CCN(C(=O)c3ccc(OC)cc3)CC2)cc1. The summed E-state index contributed by atoms with van der Waals surface area (Å²) in [6.07, 6.45) is 0. The number of amides is 1. The van der Waals surface area contributed by atoms with Gasteiger partial charge in [-0.05, 0) is 48.9 Å². The van der Waals surface area contributed by atoms with Gasteiger partial charge in [0.05, 0.1) is 13.7 Å². The highest BCUT2D eigenvalue weighted by Gasteiger charge is 2.22. The van der Waals surface area contributed by atoms with E-state index in [1.54, 1.807) is 7.11 Å². The normalized spacial score (nSPS) is 14.9. The van der Waals surface area contributed by atoms with Crippen molar-refractivity contribution in [2.75, 3.05) is 39.9 Å². The van der Waals surface area contributed by atoms with E-state index in [9.17, 15) is 4.79 Å². The fraction of sp³-hybridized carbons (Fsp3) is 0.381. The van der Waals surface area contributed by atoms with Crippen LogP contribution in [-0.2, 0) is 6.54 Å². The van der Waals surface area contributed by atoms with Gasteiger partial charge < -0.3 is 14.4 Å². The molecule has 0 bridgehead atoms. The van der Waals surface area contributed by atoms with E-state index in [-0.39, 0.29) is 5.91 Å². The molecule has 5 nitrogen and oxygen atoms in total. The van der Waals surface area contributed by atoms with E-state index in [0.29, 0.717) is 12.2 Å². The van der Waals surface area contributed by atoms with Crippen molar-refractivity contribution in [3.8, 4) is 11.5 Å². The fourth-order valence-corrected chi connectivity index (χ4v) is 3.14. The smallest absolute Gasteiger partial charge is 0.253 e. The third-order valence-electron chi connectivity index (χ3n) is 4.64. The van der Waals surface area contributed by atoms with Crippen LogP contribution in [0.25, 0.3) is 0 Å². The summed E-state index contributed by atoms with van der Waals surface area (Å²) >= 11 is 0. The number of methoxy groups -OCH3 is 1. The van der Waals surface area contributed by atoms with E-state index in [0.717, 1.165) is 44.2 Å². The molecule has 2 aromatic carbocycles. The number of carbonyl (C=O) groups excluding carboxylic acids is 1. The summed E-state index contributed by atoms with van der Waals surface area (Å²) in [7, 11) is 1.63. The number of piperazine rings is 1.